The molecule has 2 N–H and O–H groups in total. The van der Waals surface area contributed by atoms with Gasteiger partial charge < -0.3 is 10.2 Å². The Hall–Kier alpha value is -2.57. The summed E-state index contributed by atoms with van der Waals surface area (Å²) in [6, 6.07) is 11.3. The molecular weight excluding hydrogens is 356 g/mol. The van der Waals surface area contributed by atoms with Crippen LogP contribution in [-0.2, 0) is 4.79 Å². The molecule has 0 unspecified atom stereocenters. The molecule has 0 bridgehead atoms. The van der Waals surface area contributed by atoms with E-state index >= 15 is 0 Å². The Morgan fingerprint density at radius 3 is 2.60 bits per heavy atom. The molecule has 6 heteroatoms. The van der Waals surface area contributed by atoms with Crippen LogP contribution in [0, 0.1) is 0 Å². The number of phenols is 2. The molecule has 2 aromatic carbocycles. The van der Waals surface area contributed by atoms with Gasteiger partial charge in [-0.3, -0.25) is 9.59 Å². The molecule has 126 valence electrons. The highest BCUT2D eigenvalue weighted by atomic mass is 32.2. The number of carbonyl (C=O) groups is 2. The van der Waals surface area contributed by atoms with Crippen LogP contribution in [0.4, 0.5) is 0 Å². The first kappa shape index (κ1) is 17.3. The molecule has 3 aromatic rings. The lowest BCUT2D eigenvalue weighted by molar-refractivity contribution is -0.107. The van der Waals surface area contributed by atoms with E-state index in [-0.39, 0.29) is 28.2 Å². The van der Waals surface area contributed by atoms with Crippen LogP contribution in [0.15, 0.2) is 53.9 Å². The van der Waals surface area contributed by atoms with Crippen molar-refractivity contribution in [2.75, 3.05) is 5.75 Å². The number of thiophene rings is 1. The number of rotatable bonds is 5. The zero-order chi connectivity index (χ0) is 17.8. The van der Waals surface area contributed by atoms with Crippen molar-refractivity contribution >= 4 is 50.2 Å². The highest BCUT2D eigenvalue weighted by molar-refractivity contribution is 8.14. The number of carbonyl (C=O) groups excluding carboxylic acids is 2. The molecule has 0 aliphatic rings. The predicted octanol–water partition coefficient (Wildman–Crippen LogP) is 4.47. The van der Waals surface area contributed by atoms with Crippen LogP contribution >= 0.6 is 23.1 Å². The monoisotopic (exact) mass is 370 g/mol. The van der Waals surface area contributed by atoms with Gasteiger partial charge in [0.1, 0.15) is 11.5 Å². The zero-order valence-corrected chi connectivity index (χ0v) is 14.6. The van der Waals surface area contributed by atoms with E-state index in [1.54, 1.807) is 12.1 Å². The summed E-state index contributed by atoms with van der Waals surface area (Å²) in [6.07, 6.45) is 3.02. The fraction of sp³-hybridized carbons (Fsp3) is 0.0526. The predicted molar refractivity (Wildman–Crippen MR) is 102 cm³/mol. The maximum absolute atomic E-state index is 12.0. The lowest BCUT2D eigenvalue weighted by atomic mass is 10.1. The Balaban J connectivity index is 1.60. The van der Waals surface area contributed by atoms with E-state index < -0.39 is 0 Å². The van der Waals surface area contributed by atoms with E-state index in [9.17, 15) is 19.8 Å². The number of thioether (sulfide) groups is 1. The van der Waals surface area contributed by atoms with Crippen molar-refractivity contribution in [3.05, 3.63) is 65.0 Å². The Morgan fingerprint density at radius 2 is 1.84 bits per heavy atom. The topological polar surface area (TPSA) is 74.6 Å². The number of Topliss-reactive ketones (excluding diaryl/α,β-unsaturated/α-hetero) is 1. The van der Waals surface area contributed by atoms with Gasteiger partial charge in [0.05, 0.1) is 5.75 Å². The van der Waals surface area contributed by atoms with Crippen molar-refractivity contribution in [1.29, 1.82) is 0 Å². The Bertz CT molecular complexity index is 955. The summed E-state index contributed by atoms with van der Waals surface area (Å²) in [6.45, 7) is 0. The first-order valence-electron chi connectivity index (χ1n) is 7.40. The maximum atomic E-state index is 12.0. The van der Waals surface area contributed by atoms with Crippen LogP contribution in [0.2, 0.25) is 0 Å². The van der Waals surface area contributed by atoms with E-state index in [2.05, 4.69) is 0 Å². The highest BCUT2D eigenvalue weighted by Gasteiger charge is 2.09. The third-order valence-electron chi connectivity index (χ3n) is 3.52. The van der Waals surface area contributed by atoms with Crippen molar-refractivity contribution in [3.8, 4) is 11.5 Å². The minimum Gasteiger partial charge on any atom is -0.508 e. The summed E-state index contributed by atoms with van der Waals surface area (Å²) in [5.74, 6) is 0.128. The average Bonchev–Trinajstić information content (AvgIpc) is 3.07. The molecule has 0 aliphatic carbocycles. The van der Waals surface area contributed by atoms with Crippen molar-refractivity contribution < 1.29 is 19.8 Å². The van der Waals surface area contributed by atoms with E-state index in [4.69, 9.17) is 0 Å². The molecule has 4 nitrogen and oxygen atoms in total. The fourth-order valence-electron chi connectivity index (χ4n) is 2.25. The van der Waals surface area contributed by atoms with E-state index in [0.29, 0.717) is 5.56 Å². The standard InChI is InChI=1S/C19H14O4S2/c20-14-4-2-13(3-5-14)17(22)11-25-19(23)6-1-12-9-16(21)15-7-8-24-18(15)10-12/h1-10,20-21H,11H2/b6-1+. The van der Waals surface area contributed by atoms with Crippen molar-refractivity contribution in [1.82, 2.24) is 0 Å². The van der Waals surface area contributed by atoms with Gasteiger partial charge in [-0.25, -0.2) is 0 Å². The molecule has 1 aromatic heterocycles. The number of aromatic hydroxyl groups is 2. The quantitative estimate of drug-likeness (QED) is 0.512. The van der Waals surface area contributed by atoms with Crippen LogP contribution in [-0.4, -0.2) is 26.9 Å². The first-order chi connectivity index (χ1) is 12.0. The third-order valence-corrected chi connectivity index (χ3v) is 5.21. The normalized spacial score (nSPS) is 11.2. The summed E-state index contributed by atoms with van der Waals surface area (Å²) >= 11 is 2.43. The Labute approximate surface area is 152 Å². The number of benzene rings is 2. The molecule has 0 atom stereocenters. The minimum absolute atomic E-state index is 0.0309. The SMILES string of the molecule is O=C(/C=C/c1cc(O)c2ccsc2c1)SCC(=O)c1ccc(O)cc1. The minimum atomic E-state index is -0.238. The average molecular weight is 370 g/mol. The second-order valence-corrected chi connectivity index (χ2v) is 7.21. The second kappa shape index (κ2) is 7.55. The molecular formula is C19H14O4S2. The third kappa shape index (κ3) is 4.29. The molecule has 0 spiro atoms. The number of hydrogen-bond acceptors (Lipinski definition) is 6. The molecule has 0 aliphatic heterocycles. The summed E-state index contributed by atoms with van der Waals surface area (Å²) in [5, 5.41) is 21.6. The van der Waals surface area contributed by atoms with Crippen LogP contribution in [0.3, 0.4) is 0 Å². The lowest BCUT2D eigenvalue weighted by Crippen LogP contribution is -2.03. The van der Waals surface area contributed by atoms with Crippen LogP contribution in [0.1, 0.15) is 15.9 Å². The molecule has 25 heavy (non-hydrogen) atoms. The van der Waals surface area contributed by atoms with Gasteiger partial charge in [0.25, 0.3) is 0 Å². The molecule has 0 saturated heterocycles. The van der Waals surface area contributed by atoms with Gasteiger partial charge in [0, 0.05) is 15.6 Å². The number of hydrogen-bond donors (Lipinski definition) is 2. The fourth-order valence-corrected chi connectivity index (χ4v) is 3.71. The second-order valence-electron chi connectivity index (χ2n) is 5.28. The number of fused-ring (bicyclic) bond motifs is 1. The largest absolute Gasteiger partial charge is 0.508 e. The molecule has 0 radical (unpaired) electrons. The molecule has 0 saturated carbocycles. The Morgan fingerprint density at radius 1 is 1.08 bits per heavy atom. The van der Waals surface area contributed by atoms with Gasteiger partial charge in [0.2, 0.25) is 5.12 Å². The Kier molecular flexibility index (Phi) is 5.21. The van der Waals surface area contributed by atoms with Gasteiger partial charge in [-0.15, -0.1) is 11.3 Å². The van der Waals surface area contributed by atoms with E-state index in [0.717, 1.165) is 27.4 Å². The van der Waals surface area contributed by atoms with Crippen LogP contribution < -0.4 is 0 Å². The van der Waals surface area contributed by atoms with Crippen LogP contribution in [0.25, 0.3) is 16.2 Å². The first-order valence-corrected chi connectivity index (χ1v) is 9.27. The zero-order valence-electron chi connectivity index (χ0n) is 13.0. The van der Waals surface area contributed by atoms with E-state index in [1.807, 2.05) is 17.5 Å². The smallest absolute Gasteiger partial charge is 0.212 e. The summed E-state index contributed by atoms with van der Waals surface area (Å²) in [4.78, 5) is 23.9. The van der Waals surface area contributed by atoms with Gasteiger partial charge in [0.15, 0.2) is 5.78 Å². The maximum Gasteiger partial charge on any atom is 0.212 e. The summed E-state index contributed by atoms with van der Waals surface area (Å²) in [5.41, 5.74) is 1.18. The molecule has 0 fully saturated rings. The van der Waals surface area contributed by atoms with Gasteiger partial charge in [-0.05, 0) is 59.5 Å². The molecule has 3 rings (SSSR count). The molecule has 0 amide bonds. The van der Waals surface area contributed by atoms with E-state index in [1.165, 1.54) is 41.7 Å². The van der Waals surface area contributed by atoms with Crippen LogP contribution in [0.5, 0.6) is 11.5 Å². The van der Waals surface area contributed by atoms with Crippen molar-refractivity contribution in [3.63, 3.8) is 0 Å². The number of phenolic OH excluding ortho intramolecular Hbond substituents is 2. The number of ketones is 1. The highest BCUT2D eigenvalue weighted by Crippen LogP contribution is 2.31. The molecule has 1 heterocycles. The van der Waals surface area contributed by atoms with Gasteiger partial charge >= 0.3 is 0 Å². The van der Waals surface area contributed by atoms with Gasteiger partial charge in [-0.1, -0.05) is 17.8 Å². The van der Waals surface area contributed by atoms with Crippen molar-refractivity contribution in [2.45, 2.75) is 0 Å². The summed E-state index contributed by atoms with van der Waals surface area (Å²) in [7, 11) is 0. The van der Waals surface area contributed by atoms with Crippen molar-refractivity contribution in [2.24, 2.45) is 0 Å². The lowest BCUT2D eigenvalue weighted by Gasteiger charge is -2.00. The van der Waals surface area contributed by atoms with Gasteiger partial charge in [-0.2, -0.15) is 0 Å². The summed E-state index contributed by atoms with van der Waals surface area (Å²) < 4.78 is 0.947.